The molecular formula is C15H21NO3. The zero-order valence-electron chi connectivity index (χ0n) is 11.2. The fourth-order valence-electron chi connectivity index (χ4n) is 2.57. The summed E-state index contributed by atoms with van der Waals surface area (Å²) in [6.45, 7) is 2.05. The first kappa shape index (κ1) is 13.9. The van der Waals surface area contributed by atoms with Crippen LogP contribution in [0.4, 0.5) is 0 Å². The maximum Gasteiger partial charge on any atom is 0.224 e. The van der Waals surface area contributed by atoms with Gasteiger partial charge in [-0.05, 0) is 42.9 Å². The lowest BCUT2D eigenvalue weighted by molar-refractivity contribution is -0.122. The lowest BCUT2D eigenvalue weighted by atomic mass is 9.76. The number of nitrogens with one attached hydrogen (secondary N) is 1. The smallest absolute Gasteiger partial charge is 0.224 e. The van der Waals surface area contributed by atoms with Crippen LogP contribution >= 0.6 is 0 Å². The van der Waals surface area contributed by atoms with Crippen molar-refractivity contribution in [3.8, 4) is 5.75 Å². The Morgan fingerprint density at radius 3 is 2.53 bits per heavy atom. The average molecular weight is 263 g/mol. The van der Waals surface area contributed by atoms with Crippen molar-refractivity contribution in [2.45, 2.75) is 44.8 Å². The van der Waals surface area contributed by atoms with Crippen molar-refractivity contribution in [1.29, 1.82) is 0 Å². The van der Waals surface area contributed by atoms with Crippen molar-refractivity contribution in [2.75, 3.05) is 0 Å². The molecule has 0 radical (unpaired) electrons. The highest BCUT2D eigenvalue weighted by atomic mass is 16.3. The second-order valence-electron chi connectivity index (χ2n) is 5.31. The molecule has 4 nitrogen and oxygen atoms in total. The fraction of sp³-hybridized carbons (Fsp3) is 0.533. The van der Waals surface area contributed by atoms with Crippen LogP contribution in [0.2, 0.25) is 0 Å². The molecule has 0 saturated heterocycles. The summed E-state index contributed by atoms with van der Waals surface area (Å²) >= 11 is 0. The van der Waals surface area contributed by atoms with E-state index in [1.807, 2.05) is 0 Å². The van der Waals surface area contributed by atoms with E-state index in [2.05, 4.69) is 12.2 Å². The van der Waals surface area contributed by atoms with Crippen molar-refractivity contribution in [3.63, 3.8) is 0 Å². The van der Waals surface area contributed by atoms with Crippen molar-refractivity contribution in [2.24, 2.45) is 5.92 Å². The molecule has 3 N–H and O–H groups in total. The summed E-state index contributed by atoms with van der Waals surface area (Å²) in [5.74, 6) is 0.613. The molecular weight excluding hydrogens is 242 g/mol. The van der Waals surface area contributed by atoms with Crippen LogP contribution in [0, 0.1) is 5.92 Å². The first-order valence-electron chi connectivity index (χ1n) is 6.83. The molecule has 1 fully saturated rings. The molecule has 0 unspecified atom stereocenters. The fourth-order valence-corrected chi connectivity index (χ4v) is 2.57. The molecule has 0 heterocycles. The normalized spacial score (nSPS) is 23.5. The van der Waals surface area contributed by atoms with E-state index in [4.69, 9.17) is 0 Å². The number of aromatic hydroxyl groups is 1. The SMILES string of the molecule is CC[C@H](NC(=O)Cc1ccc(O)cc1)C1CC(O)C1. The van der Waals surface area contributed by atoms with Gasteiger partial charge in [0.25, 0.3) is 0 Å². The number of aliphatic hydroxyl groups excluding tert-OH is 1. The third-order valence-electron chi connectivity index (χ3n) is 3.81. The minimum atomic E-state index is -0.187. The molecule has 0 spiro atoms. The Balaban J connectivity index is 1.84. The van der Waals surface area contributed by atoms with Gasteiger partial charge in [-0.3, -0.25) is 4.79 Å². The predicted octanol–water partition coefficient (Wildman–Crippen LogP) is 1.60. The highest BCUT2D eigenvalue weighted by molar-refractivity contribution is 5.78. The Kier molecular flexibility index (Phi) is 4.43. The summed E-state index contributed by atoms with van der Waals surface area (Å²) in [7, 11) is 0. The molecule has 2 rings (SSSR count). The molecule has 1 amide bonds. The van der Waals surface area contributed by atoms with Gasteiger partial charge in [-0.1, -0.05) is 19.1 Å². The van der Waals surface area contributed by atoms with Crippen LogP contribution in [-0.4, -0.2) is 28.3 Å². The maximum atomic E-state index is 12.0. The third kappa shape index (κ3) is 3.70. The lowest BCUT2D eigenvalue weighted by Crippen LogP contribution is -2.47. The van der Waals surface area contributed by atoms with Crippen molar-refractivity contribution >= 4 is 5.91 Å². The summed E-state index contributed by atoms with van der Waals surface area (Å²) in [6.07, 6.45) is 2.61. The minimum Gasteiger partial charge on any atom is -0.508 e. The number of hydrogen-bond acceptors (Lipinski definition) is 3. The topological polar surface area (TPSA) is 69.6 Å². The van der Waals surface area contributed by atoms with Crippen LogP contribution in [0.25, 0.3) is 0 Å². The van der Waals surface area contributed by atoms with E-state index < -0.39 is 0 Å². The van der Waals surface area contributed by atoms with Crippen molar-refractivity contribution < 1.29 is 15.0 Å². The molecule has 0 aliphatic heterocycles. The Morgan fingerprint density at radius 2 is 2.00 bits per heavy atom. The lowest BCUT2D eigenvalue weighted by Gasteiger charge is -2.37. The summed E-state index contributed by atoms with van der Waals surface area (Å²) in [6, 6.07) is 6.84. The standard InChI is InChI=1S/C15H21NO3/c1-2-14(11-8-13(18)9-11)16-15(19)7-10-3-5-12(17)6-4-10/h3-6,11,13-14,17-18H,2,7-9H2,1H3,(H,16,19)/t11?,13?,14-/m0/s1. The van der Waals surface area contributed by atoms with Gasteiger partial charge in [0.05, 0.1) is 12.5 Å². The number of rotatable bonds is 5. The van der Waals surface area contributed by atoms with Gasteiger partial charge in [0.2, 0.25) is 5.91 Å². The number of phenols is 1. The van der Waals surface area contributed by atoms with E-state index in [0.717, 1.165) is 24.8 Å². The molecule has 0 aromatic heterocycles. The number of carbonyl (C=O) groups excluding carboxylic acids is 1. The van der Waals surface area contributed by atoms with Gasteiger partial charge in [0, 0.05) is 6.04 Å². The summed E-state index contributed by atoms with van der Waals surface area (Å²) < 4.78 is 0. The third-order valence-corrected chi connectivity index (χ3v) is 3.81. The van der Waals surface area contributed by atoms with E-state index >= 15 is 0 Å². The summed E-state index contributed by atoms with van der Waals surface area (Å²) in [5, 5.41) is 21.5. The largest absolute Gasteiger partial charge is 0.508 e. The second-order valence-corrected chi connectivity index (χ2v) is 5.31. The maximum absolute atomic E-state index is 12.0. The number of aliphatic hydroxyl groups is 1. The number of phenolic OH excluding ortho intramolecular Hbond substituents is 1. The van der Waals surface area contributed by atoms with Gasteiger partial charge in [-0.25, -0.2) is 0 Å². The molecule has 0 bridgehead atoms. The Bertz CT molecular complexity index is 424. The molecule has 1 atom stereocenters. The predicted molar refractivity (Wildman–Crippen MR) is 72.8 cm³/mol. The molecule has 104 valence electrons. The van der Waals surface area contributed by atoms with E-state index in [1.165, 1.54) is 0 Å². The molecule has 4 heteroatoms. The Hall–Kier alpha value is -1.55. The van der Waals surface area contributed by atoms with Gasteiger partial charge in [-0.15, -0.1) is 0 Å². The zero-order valence-corrected chi connectivity index (χ0v) is 11.2. The monoisotopic (exact) mass is 263 g/mol. The highest BCUT2D eigenvalue weighted by Crippen LogP contribution is 2.31. The molecule has 1 aliphatic rings. The molecule has 1 aromatic rings. The van der Waals surface area contributed by atoms with Crippen LogP contribution in [0.3, 0.4) is 0 Å². The van der Waals surface area contributed by atoms with E-state index in [-0.39, 0.29) is 23.8 Å². The highest BCUT2D eigenvalue weighted by Gasteiger charge is 2.33. The minimum absolute atomic E-state index is 0.000991. The summed E-state index contributed by atoms with van der Waals surface area (Å²) in [5.41, 5.74) is 0.888. The van der Waals surface area contributed by atoms with Crippen molar-refractivity contribution in [3.05, 3.63) is 29.8 Å². The van der Waals surface area contributed by atoms with E-state index in [9.17, 15) is 15.0 Å². The van der Waals surface area contributed by atoms with Gasteiger partial charge in [-0.2, -0.15) is 0 Å². The van der Waals surface area contributed by atoms with Gasteiger partial charge >= 0.3 is 0 Å². The number of hydrogen-bond donors (Lipinski definition) is 3. The van der Waals surface area contributed by atoms with Gasteiger partial charge in [0.15, 0.2) is 0 Å². The molecule has 1 aromatic carbocycles. The quantitative estimate of drug-likeness (QED) is 0.755. The van der Waals surface area contributed by atoms with Gasteiger partial charge in [0.1, 0.15) is 5.75 Å². The first-order chi connectivity index (χ1) is 9.08. The number of amides is 1. The average Bonchev–Trinajstić information content (AvgIpc) is 2.35. The van der Waals surface area contributed by atoms with Crippen LogP contribution < -0.4 is 5.32 Å². The second kappa shape index (κ2) is 6.06. The van der Waals surface area contributed by atoms with Crippen LogP contribution in [0.15, 0.2) is 24.3 Å². The molecule has 19 heavy (non-hydrogen) atoms. The van der Waals surface area contributed by atoms with Gasteiger partial charge < -0.3 is 15.5 Å². The van der Waals surface area contributed by atoms with Crippen LogP contribution in [0.5, 0.6) is 5.75 Å². The molecule has 1 saturated carbocycles. The summed E-state index contributed by atoms with van der Waals surface area (Å²) in [4.78, 5) is 12.0. The Morgan fingerprint density at radius 1 is 1.37 bits per heavy atom. The van der Waals surface area contributed by atoms with E-state index in [1.54, 1.807) is 24.3 Å². The Labute approximate surface area is 113 Å². The zero-order chi connectivity index (χ0) is 13.8. The van der Waals surface area contributed by atoms with E-state index in [0.29, 0.717) is 12.3 Å². The molecule has 1 aliphatic carbocycles. The first-order valence-corrected chi connectivity index (χ1v) is 6.83. The number of benzene rings is 1. The number of carbonyl (C=O) groups is 1. The van der Waals surface area contributed by atoms with Crippen LogP contribution in [0.1, 0.15) is 31.7 Å². The van der Waals surface area contributed by atoms with Crippen LogP contribution in [-0.2, 0) is 11.2 Å². The van der Waals surface area contributed by atoms with Crippen molar-refractivity contribution in [1.82, 2.24) is 5.32 Å².